The highest BCUT2D eigenvalue weighted by Gasteiger charge is 2.22. The van der Waals surface area contributed by atoms with Crippen LogP contribution in [0.5, 0.6) is 0 Å². The number of oxime groups is 1. The molecule has 0 amide bonds. The number of rotatable bonds is 5. The summed E-state index contributed by atoms with van der Waals surface area (Å²) in [6, 6.07) is 4.18. The summed E-state index contributed by atoms with van der Waals surface area (Å²) >= 11 is 0. The molecular formula is C15H21FN2O3. The molecule has 1 aromatic carbocycles. The Balaban J connectivity index is 2.03. The van der Waals surface area contributed by atoms with Crippen LogP contribution in [0.15, 0.2) is 23.4 Å². The second kappa shape index (κ2) is 7.38. The molecule has 0 heterocycles. The van der Waals surface area contributed by atoms with Gasteiger partial charge in [0.05, 0.1) is 18.8 Å². The van der Waals surface area contributed by atoms with Crippen molar-refractivity contribution in [2.75, 3.05) is 7.11 Å². The summed E-state index contributed by atoms with van der Waals surface area (Å²) in [5.41, 5.74) is 6.63. The van der Waals surface area contributed by atoms with Crippen LogP contribution in [0.2, 0.25) is 0 Å². The van der Waals surface area contributed by atoms with E-state index in [1.54, 1.807) is 13.2 Å². The molecule has 1 aromatic rings. The van der Waals surface area contributed by atoms with Gasteiger partial charge >= 0.3 is 0 Å². The van der Waals surface area contributed by atoms with Gasteiger partial charge in [-0.15, -0.1) is 0 Å². The van der Waals surface area contributed by atoms with Crippen LogP contribution in [0.1, 0.15) is 36.8 Å². The van der Waals surface area contributed by atoms with Crippen LogP contribution >= 0.6 is 0 Å². The normalized spacial score (nSPS) is 23.2. The fraction of sp³-hybridized carbons (Fsp3) is 0.533. The SMILES string of the molecule is COC1CCCC(OCc2ccc(F)cc2C(N)=NO)C1. The third kappa shape index (κ3) is 4.15. The minimum absolute atomic E-state index is 0.119. The number of hydrogen-bond donors (Lipinski definition) is 2. The number of benzene rings is 1. The number of halogens is 1. The van der Waals surface area contributed by atoms with Gasteiger partial charge in [-0.3, -0.25) is 0 Å². The molecular weight excluding hydrogens is 275 g/mol. The highest BCUT2D eigenvalue weighted by atomic mass is 19.1. The van der Waals surface area contributed by atoms with Crippen molar-refractivity contribution < 1.29 is 19.1 Å². The maximum Gasteiger partial charge on any atom is 0.170 e. The zero-order valence-electron chi connectivity index (χ0n) is 12.1. The fourth-order valence-electron chi connectivity index (χ4n) is 2.64. The van der Waals surface area contributed by atoms with Gasteiger partial charge in [-0.1, -0.05) is 11.2 Å². The van der Waals surface area contributed by atoms with E-state index in [2.05, 4.69) is 5.16 Å². The maximum absolute atomic E-state index is 13.3. The molecule has 1 saturated carbocycles. The highest BCUT2D eigenvalue weighted by Crippen LogP contribution is 2.24. The molecule has 0 spiro atoms. The third-order valence-electron chi connectivity index (χ3n) is 3.84. The van der Waals surface area contributed by atoms with Crippen molar-refractivity contribution in [3.05, 3.63) is 35.1 Å². The van der Waals surface area contributed by atoms with Crippen LogP contribution < -0.4 is 5.73 Å². The van der Waals surface area contributed by atoms with Crippen molar-refractivity contribution in [2.45, 2.75) is 44.5 Å². The van der Waals surface area contributed by atoms with Crippen LogP contribution in [0.4, 0.5) is 4.39 Å². The average molecular weight is 296 g/mol. The van der Waals surface area contributed by atoms with Crippen LogP contribution in [-0.2, 0) is 16.1 Å². The molecule has 5 nitrogen and oxygen atoms in total. The molecule has 0 saturated heterocycles. The molecule has 21 heavy (non-hydrogen) atoms. The second-order valence-electron chi connectivity index (χ2n) is 5.24. The Morgan fingerprint density at radius 2 is 2.19 bits per heavy atom. The summed E-state index contributed by atoms with van der Waals surface area (Å²) in [4.78, 5) is 0. The number of amidine groups is 1. The van der Waals surface area contributed by atoms with Gasteiger partial charge in [-0.25, -0.2) is 4.39 Å². The Bertz CT molecular complexity index is 508. The standard InChI is InChI=1S/C15H21FN2O3/c1-20-12-3-2-4-13(8-12)21-9-10-5-6-11(16)7-14(10)15(17)18-19/h5-7,12-13,19H,2-4,8-9H2,1H3,(H2,17,18). The van der Waals surface area contributed by atoms with Gasteiger partial charge in [0.2, 0.25) is 0 Å². The fourth-order valence-corrected chi connectivity index (χ4v) is 2.64. The smallest absolute Gasteiger partial charge is 0.170 e. The number of nitrogens with two attached hydrogens (primary N) is 1. The highest BCUT2D eigenvalue weighted by molar-refractivity contribution is 5.98. The molecule has 2 unspecified atom stereocenters. The lowest BCUT2D eigenvalue weighted by Gasteiger charge is -2.28. The van der Waals surface area contributed by atoms with E-state index in [9.17, 15) is 4.39 Å². The van der Waals surface area contributed by atoms with Gasteiger partial charge in [0.1, 0.15) is 5.82 Å². The largest absolute Gasteiger partial charge is 0.409 e. The summed E-state index contributed by atoms with van der Waals surface area (Å²) < 4.78 is 24.5. The van der Waals surface area contributed by atoms with Crippen molar-refractivity contribution in [1.29, 1.82) is 0 Å². The first-order chi connectivity index (χ1) is 10.1. The second-order valence-corrected chi connectivity index (χ2v) is 5.24. The predicted octanol–water partition coefficient (Wildman–Crippen LogP) is 2.39. The molecule has 0 bridgehead atoms. The van der Waals surface area contributed by atoms with Crippen molar-refractivity contribution in [3.63, 3.8) is 0 Å². The first-order valence-electron chi connectivity index (χ1n) is 7.04. The average Bonchev–Trinajstić information content (AvgIpc) is 2.53. The summed E-state index contributed by atoms with van der Waals surface area (Å²) in [7, 11) is 1.71. The number of hydrogen-bond acceptors (Lipinski definition) is 4. The molecule has 2 atom stereocenters. The van der Waals surface area contributed by atoms with E-state index >= 15 is 0 Å². The molecule has 0 radical (unpaired) electrons. The van der Waals surface area contributed by atoms with Gasteiger partial charge in [-0.2, -0.15) is 0 Å². The van der Waals surface area contributed by atoms with E-state index in [0.717, 1.165) is 25.7 Å². The quantitative estimate of drug-likeness (QED) is 0.378. The predicted molar refractivity (Wildman–Crippen MR) is 76.8 cm³/mol. The number of nitrogens with zero attached hydrogens (tertiary/aromatic N) is 1. The Morgan fingerprint density at radius 3 is 2.90 bits per heavy atom. The third-order valence-corrected chi connectivity index (χ3v) is 3.84. The van der Waals surface area contributed by atoms with Crippen molar-refractivity contribution >= 4 is 5.84 Å². The molecule has 0 aliphatic heterocycles. The van der Waals surface area contributed by atoms with Gasteiger partial charge in [0.15, 0.2) is 5.84 Å². The molecule has 116 valence electrons. The van der Waals surface area contributed by atoms with Crippen molar-refractivity contribution in [1.82, 2.24) is 0 Å². The minimum atomic E-state index is -0.433. The van der Waals surface area contributed by atoms with Crippen LogP contribution in [0.3, 0.4) is 0 Å². The summed E-state index contributed by atoms with van der Waals surface area (Å²) in [5, 5.41) is 11.7. The van der Waals surface area contributed by atoms with Crippen molar-refractivity contribution in [3.8, 4) is 0 Å². The Hall–Kier alpha value is -1.66. The first kappa shape index (κ1) is 15.7. The van der Waals surface area contributed by atoms with E-state index in [4.69, 9.17) is 20.4 Å². The molecule has 1 aliphatic rings. The van der Waals surface area contributed by atoms with E-state index in [1.807, 2.05) is 0 Å². The van der Waals surface area contributed by atoms with E-state index in [1.165, 1.54) is 12.1 Å². The first-order valence-corrected chi connectivity index (χ1v) is 7.04. The van der Waals surface area contributed by atoms with Gasteiger partial charge < -0.3 is 20.4 Å². The lowest BCUT2D eigenvalue weighted by atomic mass is 9.95. The van der Waals surface area contributed by atoms with Gasteiger partial charge in [0, 0.05) is 12.7 Å². The summed E-state index contributed by atoms with van der Waals surface area (Å²) in [6.07, 6.45) is 4.33. The van der Waals surface area contributed by atoms with Gasteiger partial charge in [-0.05, 0) is 43.4 Å². The minimum Gasteiger partial charge on any atom is -0.409 e. The molecule has 3 N–H and O–H groups in total. The van der Waals surface area contributed by atoms with Crippen LogP contribution in [0.25, 0.3) is 0 Å². The zero-order valence-corrected chi connectivity index (χ0v) is 12.1. The molecule has 1 aliphatic carbocycles. The summed E-state index contributed by atoms with van der Waals surface area (Å²) in [5.74, 6) is -0.552. The number of methoxy groups -OCH3 is 1. The zero-order chi connectivity index (χ0) is 15.2. The Labute approximate surface area is 123 Å². The Morgan fingerprint density at radius 1 is 1.43 bits per heavy atom. The lowest BCUT2D eigenvalue weighted by Crippen LogP contribution is -2.27. The molecule has 1 fully saturated rings. The number of ether oxygens (including phenoxy) is 2. The summed E-state index contributed by atoms with van der Waals surface area (Å²) in [6.45, 7) is 0.299. The van der Waals surface area contributed by atoms with Gasteiger partial charge in [0.25, 0.3) is 0 Å². The maximum atomic E-state index is 13.3. The molecule has 0 aromatic heterocycles. The molecule has 2 rings (SSSR count). The van der Waals surface area contributed by atoms with E-state index < -0.39 is 5.82 Å². The lowest BCUT2D eigenvalue weighted by molar-refractivity contribution is -0.0363. The van der Waals surface area contributed by atoms with Crippen molar-refractivity contribution in [2.24, 2.45) is 10.9 Å². The monoisotopic (exact) mass is 296 g/mol. The van der Waals surface area contributed by atoms with Crippen LogP contribution in [-0.4, -0.2) is 30.4 Å². The van der Waals surface area contributed by atoms with E-state index in [0.29, 0.717) is 17.7 Å². The molecule has 6 heteroatoms. The van der Waals surface area contributed by atoms with Crippen LogP contribution in [0, 0.1) is 5.82 Å². The topological polar surface area (TPSA) is 77.1 Å². The van der Waals surface area contributed by atoms with E-state index in [-0.39, 0.29) is 18.0 Å². The Kier molecular flexibility index (Phi) is 5.52.